The van der Waals surface area contributed by atoms with E-state index in [0.717, 1.165) is 12.4 Å². The molecule has 2 N–H and O–H groups in total. The highest BCUT2D eigenvalue weighted by Gasteiger charge is 2.06. The van der Waals surface area contributed by atoms with Gasteiger partial charge in [-0.3, -0.25) is 0 Å². The van der Waals surface area contributed by atoms with Crippen molar-refractivity contribution in [3.05, 3.63) is 47.9 Å². The smallest absolute Gasteiger partial charge is 0.155 e. The number of nitrogen functional groups attached to an aromatic ring is 1. The van der Waals surface area contributed by atoms with Crippen LogP contribution in [-0.4, -0.2) is 17.0 Å². The molecule has 0 bridgehead atoms. The summed E-state index contributed by atoms with van der Waals surface area (Å²) in [7, 11) is 1.97. The molecule has 88 valence electrons. The monoisotopic (exact) mass is 228 g/mol. The molecule has 0 radical (unpaired) electrons. The maximum absolute atomic E-state index is 5.83. The maximum atomic E-state index is 5.83. The first-order valence-corrected chi connectivity index (χ1v) is 5.49. The highest BCUT2D eigenvalue weighted by atomic mass is 15.2. The maximum Gasteiger partial charge on any atom is 0.155 e. The van der Waals surface area contributed by atoms with Gasteiger partial charge in [-0.15, -0.1) is 0 Å². The Morgan fingerprint density at radius 2 is 1.94 bits per heavy atom. The van der Waals surface area contributed by atoms with Crippen molar-refractivity contribution in [3.63, 3.8) is 0 Å². The number of anilines is 2. The Hall–Kier alpha value is -2.10. The van der Waals surface area contributed by atoms with Crippen LogP contribution >= 0.6 is 0 Å². The molecule has 2 rings (SSSR count). The summed E-state index contributed by atoms with van der Waals surface area (Å²) in [5.74, 6) is 0.764. The van der Waals surface area contributed by atoms with Crippen LogP contribution in [0.25, 0.3) is 0 Å². The molecule has 0 saturated carbocycles. The standard InChI is InChI=1S/C13H16N4/c1-10-3-5-11(6-4-10)8-17(2)13-12(14)7-15-9-16-13/h3-7,9H,8,14H2,1-2H3. The highest BCUT2D eigenvalue weighted by molar-refractivity contribution is 5.60. The second-order valence-corrected chi connectivity index (χ2v) is 4.14. The van der Waals surface area contributed by atoms with E-state index in [4.69, 9.17) is 5.73 Å². The van der Waals surface area contributed by atoms with E-state index in [0.29, 0.717) is 5.69 Å². The van der Waals surface area contributed by atoms with E-state index >= 15 is 0 Å². The second-order valence-electron chi connectivity index (χ2n) is 4.14. The van der Waals surface area contributed by atoms with E-state index in [1.54, 1.807) is 6.20 Å². The zero-order valence-corrected chi connectivity index (χ0v) is 10.1. The summed E-state index contributed by atoms with van der Waals surface area (Å²) in [6.07, 6.45) is 3.13. The molecule has 1 heterocycles. The zero-order valence-electron chi connectivity index (χ0n) is 10.1. The number of nitrogens with zero attached hydrogens (tertiary/aromatic N) is 3. The molecule has 0 spiro atoms. The molecular weight excluding hydrogens is 212 g/mol. The van der Waals surface area contributed by atoms with Crippen LogP contribution < -0.4 is 10.6 Å². The average molecular weight is 228 g/mol. The Bertz CT molecular complexity index is 493. The molecule has 0 aliphatic heterocycles. The third kappa shape index (κ3) is 2.72. The van der Waals surface area contributed by atoms with E-state index in [1.165, 1.54) is 17.5 Å². The average Bonchev–Trinajstić information content (AvgIpc) is 2.32. The van der Waals surface area contributed by atoms with Crippen molar-refractivity contribution in [1.29, 1.82) is 0 Å². The molecule has 4 heteroatoms. The molecule has 0 unspecified atom stereocenters. The SMILES string of the molecule is Cc1ccc(CN(C)c2ncncc2N)cc1. The van der Waals surface area contributed by atoms with E-state index in [1.807, 2.05) is 11.9 Å². The largest absolute Gasteiger partial charge is 0.394 e. The lowest BCUT2D eigenvalue weighted by molar-refractivity contribution is 0.893. The van der Waals surface area contributed by atoms with Crippen molar-refractivity contribution in [3.8, 4) is 0 Å². The minimum absolute atomic E-state index is 0.599. The molecule has 0 aliphatic carbocycles. The van der Waals surface area contributed by atoms with Crippen LogP contribution in [0.1, 0.15) is 11.1 Å². The zero-order chi connectivity index (χ0) is 12.3. The van der Waals surface area contributed by atoms with E-state index in [-0.39, 0.29) is 0 Å². The number of aryl methyl sites for hydroxylation is 1. The molecule has 2 aromatic rings. The molecule has 0 atom stereocenters. The quantitative estimate of drug-likeness (QED) is 0.873. The normalized spacial score (nSPS) is 10.2. The fourth-order valence-corrected chi connectivity index (χ4v) is 1.70. The molecule has 0 saturated heterocycles. The van der Waals surface area contributed by atoms with Crippen molar-refractivity contribution < 1.29 is 0 Å². The lowest BCUT2D eigenvalue weighted by Gasteiger charge is -2.19. The van der Waals surface area contributed by atoms with Gasteiger partial charge in [0, 0.05) is 13.6 Å². The number of benzene rings is 1. The van der Waals surface area contributed by atoms with Crippen LogP contribution in [-0.2, 0) is 6.54 Å². The summed E-state index contributed by atoms with van der Waals surface area (Å²) < 4.78 is 0. The molecule has 0 amide bonds. The van der Waals surface area contributed by atoms with E-state index in [9.17, 15) is 0 Å². The van der Waals surface area contributed by atoms with Gasteiger partial charge in [0.2, 0.25) is 0 Å². The van der Waals surface area contributed by atoms with Gasteiger partial charge in [-0.25, -0.2) is 9.97 Å². The van der Waals surface area contributed by atoms with Crippen molar-refractivity contribution in [2.24, 2.45) is 0 Å². The fraction of sp³-hybridized carbons (Fsp3) is 0.231. The summed E-state index contributed by atoms with van der Waals surface area (Å²) >= 11 is 0. The topological polar surface area (TPSA) is 55.0 Å². The lowest BCUT2D eigenvalue weighted by Crippen LogP contribution is -2.19. The van der Waals surface area contributed by atoms with Crippen molar-refractivity contribution in [2.75, 3.05) is 17.7 Å². The van der Waals surface area contributed by atoms with E-state index < -0.39 is 0 Å². The Labute approximate surface area is 101 Å². The van der Waals surface area contributed by atoms with Crippen LogP contribution in [0.3, 0.4) is 0 Å². The van der Waals surface area contributed by atoms with Gasteiger partial charge in [0.15, 0.2) is 5.82 Å². The third-order valence-corrected chi connectivity index (χ3v) is 2.62. The molecule has 0 aliphatic rings. The van der Waals surface area contributed by atoms with Crippen molar-refractivity contribution in [1.82, 2.24) is 9.97 Å². The summed E-state index contributed by atoms with van der Waals surface area (Å²) in [6, 6.07) is 8.44. The van der Waals surface area contributed by atoms with Gasteiger partial charge in [-0.1, -0.05) is 29.8 Å². The number of nitrogens with two attached hydrogens (primary N) is 1. The van der Waals surface area contributed by atoms with Crippen LogP contribution in [0.15, 0.2) is 36.8 Å². The van der Waals surface area contributed by atoms with Gasteiger partial charge >= 0.3 is 0 Å². The fourth-order valence-electron chi connectivity index (χ4n) is 1.70. The molecular formula is C13H16N4. The molecule has 0 fully saturated rings. The Kier molecular flexibility index (Phi) is 3.23. The van der Waals surface area contributed by atoms with Crippen LogP contribution in [0.5, 0.6) is 0 Å². The number of hydrogen-bond acceptors (Lipinski definition) is 4. The van der Waals surface area contributed by atoms with Crippen LogP contribution in [0.4, 0.5) is 11.5 Å². The predicted molar refractivity (Wildman–Crippen MR) is 69.7 cm³/mol. The summed E-state index contributed by atoms with van der Waals surface area (Å²) in [5.41, 5.74) is 8.93. The molecule has 1 aromatic heterocycles. The third-order valence-electron chi connectivity index (χ3n) is 2.62. The first-order valence-electron chi connectivity index (χ1n) is 5.49. The van der Waals surface area contributed by atoms with Gasteiger partial charge in [-0.2, -0.15) is 0 Å². The number of aromatic nitrogens is 2. The first kappa shape index (κ1) is 11.4. The second kappa shape index (κ2) is 4.82. The summed E-state index contributed by atoms with van der Waals surface area (Å²) in [4.78, 5) is 10.1. The van der Waals surface area contributed by atoms with Gasteiger partial charge in [0.25, 0.3) is 0 Å². The molecule has 1 aromatic carbocycles. The van der Waals surface area contributed by atoms with Crippen LogP contribution in [0.2, 0.25) is 0 Å². The van der Waals surface area contributed by atoms with Gasteiger partial charge in [0.05, 0.1) is 11.9 Å². The lowest BCUT2D eigenvalue weighted by atomic mass is 10.1. The van der Waals surface area contributed by atoms with Crippen molar-refractivity contribution >= 4 is 11.5 Å². The van der Waals surface area contributed by atoms with Crippen molar-refractivity contribution in [2.45, 2.75) is 13.5 Å². The van der Waals surface area contributed by atoms with Gasteiger partial charge in [0.1, 0.15) is 6.33 Å². The number of rotatable bonds is 3. The molecule has 4 nitrogen and oxygen atoms in total. The Morgan fingerprint density at radius 1 is 1.24 bits per heavy atom. The molecule has 17 heavy (non-hydrogen) atoms. The van der Waals surface area contributed by atoms with Gasteiger partial charge in [-0.05, 0) is 12.5 Å². The van der Waals surface area contributed by atoms with Crippen LogP contribution in [0, 0.1) is 6.92 Å². The van der Waals surface area contributed by atoms with Gasteiger partial charge < -0.3 is 10.6 Å². The summed E-state index contributed by atoms with van der Waals surface area (Å²) in [6.45, 7) is 2.86. The first-order chi connectivity index (χ1) is 8.16. The predicted octanol–water partition coefficient (Wildman–Crippen LogP) is 2.00. The minimum Gasteiger partial charge on any atom is -0.394 e. The Balaban J connectivity index is 2.14. The minimum atomic E-state index is 0.599. The summed E-state index contributed by atoms with van der Waals surface area (Å²) in [5, 5.41) is 0. The number of hydrogen-bond donors (Lipinski definition) is 1. The van der Waals surface area contributed by atoms with E-state index in [2.05, 4.69) is 41.2 Å². The Morgan fingerprint density at radius 3 is 2.59 bits per heavy atom. The highest BCUT2D eigenvalue weighted by Crippen LogP contribution is 2.18.